The van der Waals surface area contributed by atoms with Crippen molar-refractivity contribution in [1.29, 1.82) is 0 Å². The maximum Gasteiger partial charge on any atom is 0.0462 e. The van der Waals surface area contributed by atoms with Crippen molar-refractivity contribution in [3.05, 3.63) is 0 Å². The van der Waals surface area contributed by atoms with Crippen molar-refractivity contribution in [2.24, 2.45) is 5.92 Å². The van der Waals surface area contributed by atoms with E-state index < -0.39 is 0 Å². The molecule has 3 heteroatoms. The minimum absolute atomic E-state index is 0.645. The molecule has 0 saturated heterocycles. The van der Waals surface area contributed by atoms with Crippen LogP contribution in [0.2, 0.25) is 0 Å². The molecule has 0 spiro atoms. The summed E-state index contributed by atoms with van der Waals surface area (Å²) in [5.74, 6) is 3.32. The van der Waals surface area contributed by atoms with Crippen LogP contribution in [0.1, 0.15) is 40.0 Å². The molecule has 16 heavy (non-hydrogen) atoms. The van der Waals surface area contributed by atoms with Crippen LogP contribution in [0.3, 0.4) is 0 Å². The van der Waals surface area contributed by atoms with E-state index in [2.05, 4.69) is 37.8 Å². The topological polar surface area (TPSA) is 21.3 Å². The predicted octanol–water partition coefficient (Wildman–Crippen LogP) is 3.17. The van der Waals surface area contributed by atoms with Gasteiger partial charge in [-0.15, -0.1) is 0 Å². The fraction of sp³-hybridized carbons (Fsp3) is 1.00. The van der Waals surface area contributed by atoms with Crippen LogP contribution in [0.25, 0.3) is 0 Å². The molecule has 98 valence electrons. The van der Waals surface area contributed by atoms with Gasteiger partial charge >= 0.3 is 0 Å². The van der Waals surface area contributed by atoms with E-state index in [0.29, 0.717) is 6.04 Å². The van der Waals surface area contributed by atoms with Crippen molar-refractivity contribution >= 4 is 11.8 Å². The number of thioether (sulfide) groups is 1. The second-order valence-electron chi connectivity index (χ2n) is 4.84. The Bertz CT molecular complexity index is 142. The first kappa shape index (κ1) is 16.3. The Balaban J connectivity index is 3.14. The van der Waals surface area contributed by atoms with Crippen LogP contribution >= 0.6 is 11.8 Å². The van der Waals surface area contributed by atoms with E-state index in [9.17, 15) is 0 Å². The van der Waals surface area contributed by atoms with Gasteiger partial charge in [0.05, 0.1) is 0 Å². The summed E-state index contributed by atoms with van der Waals surface area (Å²) in [4.78, 5) is 0. The molecular formula is C13H29NOS. The second kappa shape index (κ2) is 11.7. The molecular weight excluding hydrogens is 218 g/mol. The fourth-order valence-corrected chi connectivity index (χ4v) is 2.51. The standard InChI is InChI=1S/C13H29NOS/c1-12(2)10-16-11-13(3)14-8-6-5-7-9-15-4/h12-14H,5-11H2,1-4H3. The van der Waals surface area contributed by atoms with Gasteiger partial charge in [-0.1, -0.05) is 13.8 Å². The third kappa shape index (κ3) is 12.3. The number of ether oxygens (including phenoxy) is 1. The van der Waals surface area contributed by atoms with Crippen molar-refractivity contribution in [1.82, 2.24) is 5.32 Å². The van der Waals surface area contributed by atoms with Gasteiger partial charge in [0.25, 0.3) is 0 Å². The Labute approximate surface area is 106 Å². The Kier molecular flexibility index (Phi) is 11.9. The van der Waals surface area contributed by atoms with E-state index in [-0.39, 0.29) is 0 Å². The quantitative estimate of drug-likeness (QED) is 0.567. The summed E-state index contributed by atoms with van der Waals surface area (Å²) in [6.45, 7) is 8.89. The minimum Gasteiger partial charge on any atom is -0.385 e. The van der Waals surface area contributed by atoms with Gasteiger partial charge < -0.3 is 10.1 Å². The average Bonchev–Trinajstić information content (AvgIpc) is 2.22. The Morgan fingerprint density at radius 1 is 1.06 bits per heavy atom. The first-order chi connectivity index (χ1) is 7.66. The summed E-state index contributed by atoms with van der Waals surface area (Å²) in [5.41, 5.74) is 0. The van der Waals surface area contributed by atoms with Crippen LogP contribution in [0, 0.1) is 5.92 Å². The van der Waals surface area contributed by atoms with Crippen LogP contribution < -0.4 is 5.32 Å². The first-order valence-electron chi connectivity index (χ1n) is 6.47. The largest absolute Gasteiger partial charge is 0.385 e. The van der Waals surface area contributed by atoms with Gasteiger partial charge in [-0.2, -0.15) is 11.8 Å². The Hall–Kier alpha value is 0.270. The smallest absolute Gasteiger partial charge is 0.0462 e. The van der Waals surface area contributed by atoms with Crippen molar-refractivity contribution in [3.63, 3.8) is 0 Å². The van der Waals surface area contributed by atoms with E-state index in [1.165, 1.54) is 30.8 Å². The summed E-state index contributed by atoms with van der Waals surface area (Å²) in [6.07, 6.45) is 3.73. The lowest BCUT2D eigenvalue weighted by Gasteiger charge is -2.14. The van der Waals surface area contributed by atoms with Gasteiger partial charge in [-0.3, -0.25) is 0 Å². The summed E-state index contributed by atoms with van der Waals surface area (Å²) in [6, 6.07) is 0.645. The van der Waals surface area contributed by atoms with E-state index in [1.807, 2.05) is 0 Å². The SMILES string of the molecule is COCCCCCNC(C)CSCC(C)C. The summed E-state index contributed by atoms with van der Waals surface area (Å²) >= 11 is 2.06. The third-order valence-corrected chi connectivity index (χ3v) is 3.98. The minimum atomic E-state index is 0.645. The van der Waals surface area contributed by atoms with Crippen molar-refractivity contribution in [3.8, 4) is 0 Å². The van der Waals surface area contributed by atoms with Gasteiger partial charge in [-0.25, -0.2) is 0 Å². The molecule has 0 bridgehead atoms. The molecule has 0 aliphatic carbocycles. The molecule has 0 aromatic heterocycles. The molecule has 0 aromatic rings. The summed E-state index contributed by atoms with van der Waals surface area (Å²) in [7, 11) is 1.77. The Morgan fingerprint density at radius 2 is 1.81 bits per heavy atom. The third-order valence-electron chi connectivity index (χ3n) is 2.34. The van der Waals surface area contributed by atoms with E-state index in [0.717, 1.165) is 19.1 Å². The lowest BCUT2D eigenvalue weighted by atomic mass is 10.2. The van der Waals surface area contributed by atoms with Crippen LogP contribution in [0.5, 0.6) is 0 Å². The number of rotatable bonds is 11. The second-order valence-corrected chi connectivity index (χ2v) is 5.91. The number of hydrogen-bond acceptors (Lipinski definition) is 3. The highest BCUT2D eigenvalue weighted by Gasteiger charge is 2.01. The van der Waals surface area contributed by atoms with E-state index in [4.69, 9.17) is 4.74 Å². The molecule has 0 fully saturated rings. The van der Waals surface area contributed by atoms with Gasteiger partial charge in [0, 0.05) is 25.5 Å². The molecule has 1 N–H and O–H groups in total. The van der Waals surface area contributed by atoms with E-state index in [1.54, 1.807) is 7.11 Å². The molecule has 2 nitrogen and oxygen atoms in total. The number of nitrogens with one attached hydrogen (secondary N) is 1. The van der Waals surface area contributed by atoms with Gasteiger partial charge in [0.1, 0.15) is 0 Å². The van der Waals surface area contributed by atoms with Gasteiger partial charge in [0.2, 0.25) is 0 Å². The number of methoxy groups -OCH3 is 1. The van der Waals surface area contributed by atoms with Crippen LogP contribution in [0.15, 0.2) is 0 Å². The predicted molar refractivity (Wildman–Crippen MR) is 75.4 cm³/mol. The van der Waals surface area contributed by atoms with Crippen molar-refractivity contribution in [2.75, 3.05) is 31.8 Å². The normalized spacial score (nSPS) is 13.3. The highest BCUT2D eigenvalue weighted by atomic mass is 32.2. The van der Waals surface area contributed by atoms with Crippen molar-refractivity contribution in [2.45, 2.75) is 46.1 Å². The van der Waals surface area contributed by atoms with Gasteiger partial charge in [0.15, 0.2) is 0 Å². The average molecular weight is 247 g/mol. The van der Waals surface area contributed by atoms with E-state index >= 15 is 0 Å². The Morgan fingerprint density at radius 3 is 2.44 bits per heavy atom. The van der Waals surface area contributed by atoms with Crippen LogP contribution in [-0.2, 0) is 4.74 Å². The zero-order valence-electron chi connectivity index (χ0n) is 11.4. The molecule has 0 rings (SSSR count). The zero-order valence-corrected chi connectivity index (χ0v) is 12.2. The fourth-order valence-electron chi connectivity index (χ4n) is 1.44. The van der Waals surface area contributed by atoms with Gasteiger partial charge in [-0.05, 0) is 44.4 Å². The van der Waals surface area contributed by atoms with Crippen LogP contribution in [-0.4, -0.2) is 37.8 Å². The molecule has 1 atom stereocenters. The first-order valence-corrected chi connectivity index (χ1v) is 7.62. The lowest BCUT2D eigenvalue weighted by Crippen LogP contribution is -2.29. The molecule has 0 radical (unpaired) electrons. The highest BCUT2D eigenvalue weighted by Crippen LogP contribution is 2.08. The maximum atomic E-state index is 5.02. The maximum absolute atomic E-state index is 5.02. The zero-order chi connectivity index (χ0) is 12.2. The monoisotopic (exact) mass is 247 g/mol. The summed E-state index contributed by atoms with van der Waals surface area (Å²) in [5, 5.41) is 3.57. The molecule has 0 amide bonds. The number of unbranched alkanes of at least 4 members (excludes halogenated alkanes) is 2. The lowest BCUT2D eigenvalue weighted by molar-refractivity contribution is 0.192. The highest BCUT2D eigenvalue weighted by molar-refractivity contribution is 7.99. The molecule has 0 saturated carbocycles. The molecule has 0 aromatic carbocycles. The molecule has 0 heterocycles. The molecule has 1 unspecified atom stereocenters. The molecule has 0 aliphatic heterocycles. The summed E-state index contributed by atoms with van der Waals surface area (Å²) < 4.78 is 5.02. The van der Waals surface area contributed by atoms with Crippen LogP contribution in [0.4, 0.5) is 0 Å². The molecule has 0 aliphatic rings. The van der Waals surface area contributed by atoms with Crippen molar-refractivity contribution < 1.29 is 4.74 Å². The number of hydrogen-bond donors (Lipinski definition) is 1.